The molecule has 1 saturated heterocycles. The Kier molecular flexibility index (Phi) is 7.74. The van der Waals surface area contributed by atoms with E-state index >= 15 is 0 Å². The first kappa shape index (κ1) is 27.3. The van der Waals surface area contributed by atoms with E-state index in [4.69, 9.17) is 14.2 Å². The molecule has 1 fully saturated rings. The van der Waals surface area contributed by atoms with Crippen LogP contribution in [0, 0.1) is 5.82 Å². The summed E-state index contributed by atoms with van der Waals surface area (Å²) < 4.78 is 33.5. The monoisotopic (exact) mass is 568 g/mol. The highest BCUT2D eigenvalue weighted by Gasteiger charge is 2.26. The molecule has 0 unspecified atom stereocenters. The molecular formula is C33H29FN2O6. The van der Waals surface area contributed by atoms with E-state index in [2.05, 4.69) is 0 Å². The second-order valence-corrected chi connectivity index (χ2v) is 10.00. The largest absolute Gasteiger partial charge is 0.512 e. The molecule has 1 aliphatic rings. The van der Waals surface area contributed by atoms with Crippen LogP contribution in [0.5, 0.6) is 11.6 Å². The zero-order valence-corrected chi connectivity index (χ0v) is 22.8. The minimum Gasteiger partial charge on any atom is -0.493 e. The highest BCUT2D eigenvalue weighted by Crippen LogP contribution is 2.41. The first-order valence-corrected chi connectivity index (χ1v) is 13.8. The number of rotatable bonds is 8. The Hall–Kier alpha value is -4.89. The van der Waals surface area contributed by atoms with Crippen LogP contribution >= 0.6 is 0 Å². The molecule has 0 aliphatic carbocycles. The van der Waals surface area contributed by atoms with Crippen molar-refractivity contribution in [3.63, 3.8) is 0 Å². The number of ether oxygens (including phenoxy) is 3. The molecule has 9 heteroatoms. The molecule has 2 heterocycles. The molecule has 4 aromatic carbocycles. The molecule has 0 spiro atoms. The van der Waals surface area contributed by atoms with Gasteiger partial charge in [0, 0.05) is 30.4 Å². The van der Waals surface area contributed by atoms with Crippen molar-refractivity contribution in [3.8, 4) is 22.8 Å². The van der Waals surface area contributed by atoms with Gasteiger partial charge in [0.1, 0.15) is 11.6 Å². The van der Waals surface area contributed by atoms with Gasteiger partial charge in [-0.15, -0.1) is 0 Å². The molecule has 0 atom stereocenters. The number of aryl methyl sites for hydroxylation is 1. The molecule has 6 rings (SSSR count). The van der Waals surface area contributed by atoms with Crippen LogP contribution in [0.4, 0.5) is 9.18 Å². The van der Waals surface area contributed by atoms with Gasteiger partial charge in [0.2, 0.25) is 5.88 Å². The molecule has 1 aromatic heterocycles. The Labute approximate surface area is 241 Å². The molecular weight excluding hydrogens is 539 g/mol. The number of aromatic nitrogens is 1. The van der Waals surface area contributed by atoms with Gasteiger partial charge >= 0.3 is 6.16 Å². The second-order valence-electron chi connectivity index (χ2n) is 10.00. The molecule has 1 N–H and O–H groups in total. The summed E-state index contributed by atoms with van der Waals surface area (Å²) in [6.07, 6.45) is -0.916. The van der Waals surface area contributed by atoms with Crippen LogP contribution in [-0.4, -0.2) is 59.5 Å². The Morgan fingerprint density at radius 1 is 0.905 bits per heavy atom. The lowest BCUT2D eigenvalue weighted by molar-refractivity contribution is 0.0300. The van der Waals surface area contributed by atoms with Crippen molar-refractivity contribution in [1.29, 1.82) is 0 Å². The zero-order chi connectivity index (χ0) is 29.1. The predicted octanol–water partition coefficient (Wildman–Crippen LogP) is 6.60. The van der Waals surface area contributed by atoms with Crippen LogP contribution < -0.4 is 9.47 Å². The zero-order valence-electron chi connectivity index (χ0n) is 22.8. The molecule has 0 radical (unpaired) electrons. The van der Waals surface area contributed by atoms with Crippen LogP contribution in [-0.2, 0) is 11.3 Å². The molecule has 1 amide bonds. The van der Waals surface area contributed by atoms with Gasteiger partial charge in [-0.3, -0.25) is 4.79 Å². The van der Waals surface area contributed by atoms with E-state index in [0.29, 0.717) is 57.0 Å². The van der Waals surface area contributed by atoms with Gasteiger partial charge in [0.05, 0.1) is 36.5 Å². The van der Waals surface area contributed by atoms with Gasteiger partial charge in [-0.05, 0) is 41.6 Å². The summed E-state index contributed by atoms with van der Waals surface area (Å²) in [5, 5.41) is 12.5. The van der Waals surface area contributed by atoms with E-state index in [0.717, 1.165) is 27.4 Å². The van der Waals surface area contributed by atoms with Crippen LogP contribution in [0.3, 0.4) is 0 Å². The number of morpholine rings is 1. The fourth-order valence-electron chi connectivity index (χ4n) is 5.48. The Bertz CT molecular complexity index is 1770. The Morgan fingerprint density at radius 2 is 1.64 bits per heavy atom. The predicted molar refractivity (Wildman–Crippen MR) is 157 cm³/mol. The average Bonchev–Trinajstić information content (AvgIpc) is 3.31. The number of para-hydroxylation sites is 1. The van der Waals surface area contributed by atoms with E-state index in [-0.39, 0.29) is 11.4 Å². The highest BCUT2D eigenvalue weighted by atomic mass is 19.1. The summed E-state index contributed by atoms with van der Waals surface area (Å²) >= 11 is 0. The molecule has 1 aliphatic heterocycles. The van der Waals surface area contributed by atoms with Crippen LogP contribution in [0.2, 0.25) is 0 Å². The van der Waals surface area contributed by atoms with E-state index in [9.17, 15) is 19.1 Å². The summed E-state index contributed by atoms with van der Waals surface area (Å²) in [6.45, 7) is 2.31. The van der Waals surface area contributed by atoms with Crippen LogP contribution in [0.1, 0.15) is 16.8 Å². The fraction of sp³-hybridized carbons (Fsp3) is 0.212. The Balaban J connectivity index is 1.33. The molecule has 42 heavy (non-hydrogen) atoms. The average molecular weight is 569 g/mol. The van der Waals surface area contributed by atoms with Crippen LogP contribution in [0.15, 0.2) is 84.9 Å². The van der Waals surface area contributed by atoms with Gasteiger partial charge in [-0.25, -0.2) is 9.18 Å². The summed E-state index contributed by atoms with van der Waals surface area (Å²) in [7, 11) is 0. The first-order chi connectivity index (χ1) is 20.5. The first-order valence-electron chi connectivity index (χ1n) is 13.8. The third kappa shape index (κ3) is 5.38. The van der Waals surface area contributed by atoms with Gasteiger partial charge < -0.3 is 28.8 Å². The number of hydrogen-bond acceptors (Lipinski definition) is 5. The number of carbonyl (C=O) groups is 2. The SMILES string of the molecule is O=C(O)Oc1c(-c2ccc(F)c(C(=O)N3CCOCC3)c2)c2ccccc2n1CCCOc1cccc2ccccc12. The Morgan fingerprint density at radius 3 is 2.45 bits per heavy atom. The number of fused-ring (bicyclic) bond motifs is 2. The lowest BCUT2D eigenvalue weighted by atomic mass is 10.0. The number of benzene rings is 4. The maximum atomic E-state index is 14.9. The number of carboxylic acid groups (broad SMARTS) is 1. The minimum atomic E-state index is -1.47. The summed E-state index contributed by atoms with van der Waals surface area (Å²) in [4.78, 5) is 26.6. The van der Waals surface area contributed by atoms with Crippen LogP contribution in [0.25, 0.3) is 32.8 Å². The van der Waals surface area contributed by atoms with Gasteiger partial charge in [-0.1, -0.05) is 60.7 Å². The lowest BCUT2D eigenvalue weighted by Crippen LogP contribution is -2.41. The normalized spacial score (nSPS) is 13.4. The number of nitrogens with zero attached hydrogens (tertiary/aromatic N) is 2. The third-order valence-electron chi connectivity index (χ3n) is 7.42. The minimum absolute atomic E-state index is 0.0870. The summed E-state index contributed by atoms with van der Waals surface area (Å²) in [6, 6.07) is 25.6. The molecule has 0 saturated carbocycles. The van der Waals surface area contributed by atoms with Gasteiger partial charge in [0.25, 0.3) is 5.91 Å². The smallest absolute Gasteiger partial charge is 0.493 e. The van der Waals surface area contributed by atoms with E-state index < -0.39 is 17.9 Å². The van der Waals surface area contributed by atoms with Crippen molar-refractivity contribution in [3.05, 3.63) is 96.3 Å². The topological polar surface area (TPSA) is 90.2 Å². The third-order valence-corrected chi connectivity index (χ3v) is 7.42. The van der Waals surface area contributed by atoms with E-state index in [1.54, 1.807) is 9.47 Å². The quantitative estimate of drug-likeness (QED) is 0.168. The number of halogens is 1. The maximum absolute atomic E-state index is 14.9. The van der Waals surface area contributed by atoms with Crippen molar-refractivity contribution >= 4 is 33.7 Å². The van der Waals surface area contributed by atoms with Crippen molar-refractivity contribution in [2.75, 3.05) is 32.9 Å². The van der Waals surface area contributed by atoms with E-state index in [1.165, 1.54) is 18.2 Å². The summed E-state index contributed by atoms with van der Waals surface area (Å²) in [5.74, 6) is -0.208. The maximum Gasteiger partial charge on any atom is 0.512 e. The molecule has 214 valence electrons. The highest BCUT2D eigenvalue weighted by molar-refractivity contribution is 6.02. The molecule has 0 bridgehead atoms. The lowest BCUT2D eigenvalue weighted by Gasteiger charge is -2.27. The van der Waals surface area contributed by atoms with Gasteiger partial charge in [0.15, 0.2) is 0 Å². The molecule has 5 aromatic rings. The number of carbonyl (C=O) groups excluding carboxylic acids is 1. The van der Waals surface area contributed by atoms with Crippen molar-refractivity contribution in [2.24, 2.45) is 0 Å². The van der Waals surface area contributed by atoms with E-state index in [1.807, 2.05) is 66.7 Å². The second kappa shape index (κ2) is 11.9. The number of amides is 1. The van der Waals surface area contributed by atoms with Crippen molar-refractivity contribution in [2.45, 2.75) is 13.0 Å². The standard InChI is InChI=1S/C33H29FN2O6/c34-27-14-13-23(21-26(27)31(37)35-16-19-40-20-17-35)30-25-10-3-4-11-28(25)36(32(30)42-33(38)39)15-6-18-41-29-12-5-8-22-7-1-2-9-24(22)29/h1-5,7-14,21H,6,15-20H2,(H,38,39). The molecule has 8 nitrogen and oxygen atoms in total. The summed E-state index contributed by atoms with van der Waals surface area (Å²) in [5.41, 5.74) is 1.61. The van der Waals surface area contributed by atoms with Crippen molar-refractivity contribution < 1.29 is 33.3 Å². The van der Waals surface area contributed by atoms with Gasteiger partial charge in [-0.2, -0.15) is 0 Å². The fourth-order valence-corrected chi connectivity index (χ4v) is 5.48. The number of hydrogen-bond donors (Lipinski definition) is 1. The van der Waals surface area contributed by atoms with Crippen molar-refractivity contribution in [1.82, 2.24) is 9.47 Å².